The monoisotopic (exact) mass is 271 g/mol. The Kier molecular flexibility index (Phi) is 6.54. The van der Waals surface area contributed by atoms with E-state index in [1.54, 1.807) is 12.1 Å². The van der Waals surface area contributed by atoms with Crippen LogP contribution in [0.2, 0.25) is 5.02 Å². The number of unbranched alkanes of at least 4 members (excludes halogenated alkanes) is 1. The van der Waals surface area contributed by atoms with Crippen molar-refractivity contribution in [3.8, 4) is 0 Å². The Morgan fingerprint density at radius 1 is 1.44 bits per heavy atom. The van der Waals surface area contributed by atoms with Crippen LogP contribution in [-0.2, 0) is 4.74 Å². The van der Waals surface area contributed by atoms with Crippen molar-refractivity contribution >= 4 is 23.3 Å². The summed E-state index contributed by atoms with van der Waals surface area (Å²) in [4.78, 5) is 11.0. The second-order valence-corrected chi connectivity index (χ2v) is 4.32. The summed E-state index contributed by atoms with van der Waals surface area (Å²) >= 11 is 5.84. The minimum atomic E-state index is -0.971. The van der Waals surface area contributed by atoms with E-state index in [2.05, 4.69) is 12.2 Å². The summed E-state index contributed by atoms with van der Waals surface area (Å²) in [7, 11) is 0. The van der Waals surface area contributed by atoms with Gasteiger partial charge >= 0.3 is 5.97 Å². The average Bonchev–Trinajstić information content (AvgIpc) is 2.33. The SMILES string of the molecule is CCCCOCCNc1cc(Cl)ccc1C(=O)O. The molecule has 0 saturated carbocycles. The molecule has 18 heavy (non-hydrogen) atoms. The van der Waals surface area contributed by atoms with Crippen molar-refractivity contribution < 1.29 is 14.6 Å². The van der Waals surface area contributed by atoms with E-state index in [0.29, 0.717) is 23.9 Å². The summed E-state index contributed by atoms with van der Waals surface area (Å²) < 4.78 is 5.38. The molecule has 5 heteroatoms. The lowest BCUT2D eigenvalue weighted by atomic mass is 10.2. The lowest BCUT2D eigenvalue weighted by molar-refractivity contribution is 0.0698. The van der Waals surface area contributed by atoms with Gasteiger partial charge in [0.2, 0.25) is 0 Å². The third-order valence-electron chi connectivity index (χ3n) is 2.42. The molecule has 0 radical (unpaired) electrons. The highest BCUT2D eigenvalue weighted by molar-refractivity contribution is 6.31. The largest absolute Gasteiger partial charge is 0.478 e. The van der Waals surface area contributed by atoms with Gasteiger partial charge in [0.05, 0.1) is 17.9 Å². The Morgan fingerprint density at radius 3 is 2.89 bits per heavy atom. The van der Waals surface area contributed by atoms with Crippen molar-refractivity contribution in [1.82, 2.24) is 0 Å². The number of halogens is 1. The number of rotatable bonds is 8. The number of hydrogen-bond acceptors (Lipinski definition) is 3. The molecule has 0 aliphatic rings. The molecule has 1 aromatic rings. The predicted octanol–water partition coefficient (Wildman–Crippen LogP) is 3.27. The van der Waals surface area contributed by atoms with Gasteiger partial charge in [0, 0.05) is 18.2 Å². The van der Waals surface area contributed by atoms with Crippen LogP contribution in [0.3, 0.4) is 0 Å². The summed E-state index contributed by atoms with van der Waals surface area (Å²) in [6, 6.07) is 4.66. The predicted molar refractivity (Wildman–Crippen MR) is 72.6 cm³/mol. The second kappa shape index (κ2) is 7.95. The number of ether oxygens (including phenoxy) is 1. The van der Waals surface area contributed by atoms with Crippen LogP contribution in [0.25, 0.3) is 0 Å². The van der Waals surface area contributed by atoms with Gasteiger partial charge in [0.1, 0.15) is 0 Å². The fraction of sp³-hybridized carbons (Fsp3) is 0.462. The quantitative estimate of drug-likeness (QED) is 0.713. The topological polar surface area (TPSA) is 58.6 Å². The number of hydrogen-bond donors (Lipinski definition) is 2. The van der Waals surface area contributed by atoms with Crippen LogP contribution in [0.15, 0.2) is 18.2 Å². The molecule has 2 N–H and O–H groups in total. The first-order valence-electron chi connectivity index (χ1n) is 5.99. The van der Waals surface area contributed by atoms with Crippen LogP contribution in [0, 0.1) is 0 Å². The highest BCUT2D eigenvalue weighted by atomic mass is 35.5. The molecule has 0 aliphatic heterocycles. The van der Waals surface area contributed by atoms with Gasteiger partial charge in [0.15, 0.2) is 0 Å². The molecule has 0 aliphatic carbocycles. The molecular formula is C13H18ClNO3. The first-order valence-corrected chi connectivity index (χ1v) is 6.37. The molecule has 0 fully saturated rings. The van der Waals surface area contributed by atoms with Gasteiger partial charge in [-0.1, -0.05) is 24.9 Å². The second-order valence-electron chi connectivity index (χ2n) is 3.89. The van der Waals surface area contributed by atoms with E-state index in [1.807, 2.05) is 0 Å². The van der Waals surface area contributed by atoms with Crippen molar-refractivity contribution in [2.24, 2.45) is 0 Å². The number of nitrogens with one attached hydrogen (secondary N) is 1. The first-order chi connectivity index (χ1) is 8.65. The van der Waals surface area contributed by atoms with Gasteiger partial charge < -0.3 is 15.2 Å². The normalized spacial score (nSPS) is 10.3. The number of anilines is 1. The number of carboxylic acid groups (broad SMARTS) is 1. The van der Waals surface area contributed by atoms with Gasteiger partial charge in [-0.05, 0) is 24.6 Å². The molecule has 4 nitrogen and oxygen atoms in total. The van der Waals surface area contributed by atoms with Crippen molar-refractivity contribution in [2.45, 2.75) is 19.8 Å². The maximum atomic E-state index is 11.0. The zero-order valence-corrected chi connectivity index (χ0v) is 11.2. The fourth-order valence-corrected chi connectivity index (χ4v) is 1.63. The Bertz CT molecular complexity index is 396. The van der Waals surface area contributed by atoms with Crippen LogP contribution in [0.5, 0.6) is 0 Å². The fourth-order valence-electron chi connectivity index (χ4n) is 1.46. The molecule has 1 aromatic carbocycles. The first kappa shape index (κ1) is 14.8. The number of carboxylic acids is 1. The lowest BCUT2D eigenvalue weighted by Gasteiger charge is -2.10. The Labute approximate surface area is 112 Å². The summed E-state index contributed by atoms with van der Waals surface area (Å²) in [5.74, 6) is -0.971. The zero-order valence-electron chi connectivity index (χ0n) is 10.4. The van der Waals surface area contributed by atoms with E-state index in [0.717, 1.165) is 19.4 Å². The van der Waals surface area contributed by atoms with E-state index in [1.165, 1.54) is 6.07 Å². The van der Waals surface area contributed by atoms with E-state index in [9.17, 15) is 4.79 Å². The minimum Gasteiger partial charge on any atom is -0.478 e. The van der Waals surface area contributed by atoms with Crippen molar-refractivity contribution in [2.75, 3.05) is 25.1 Å². The molecule has 0 unspecified atom stereocenters. The molecule has 0 heterocycles. The van der Waals surface area contributed by atoms with Crippen molar-refractivity contribution in [3.05, 3.63) is 28.8 Å². The Balaban J connectivity index is 2.45. The van der Waals surface area contributed by atoms with E-state index in [4.69, 9.17) is 21.4 Å². The van der Waals surface area contributed by atoms with Gasteiger partial charge in [-0.25, -0.2) is 4.79 Å². The van der Waals surface area contributed by atoms with Crippen LogP contribution in [-0.4, -0.2) is 30.8 Å². The molecule has 100 valence electrons. The van der Waals surface area contributed by atoms with Gasteiger partial charge in [-0.2, -0.15) is 0 Å². The maximum absolute atomic E-state index is 11.0. The van der Waals surface area contributed by atoms with Crippen molar-refractivity contribution in [3.63, 3.8) is 0 Å². The van der Waals surface area contributed by atoms with Gasteiger partial charge in [0.25, 0.3) is 0 Å². The molecule has 0 atom stereocenters. The summed E-state index contributed by atoms with van der Waals surface area (Å²) in [5.41, 5.74) is 0.738. The van der Waals surface area contributed by atoms with Crippen molar-refractivity contribution in [1.29, 1.82) is 0 Å². The molecule has 0 saturated heterocycles. The maximum Gasteiger partial charge on any atom is 0.337 e. The minimum absolute atomic E-state index is 0.216. The third kappa shape index (κ3) is 4.94. The van der Waals surface area contributed by atoms with E-state index < -0.39 is 5.97 Å². The Morgan fingerprint density at radius 2 is 2.22 bits per heavy atom. The zero-order chi connectivity index (χ0) is 13.4. The van der Waals surface area contributed by atoms with Crippen LogP contribution in [0.1, 0.15) is 30.1 Å². The molecular weight excluding hydrogens is 254 g/mol. The van der Waals surface area contributed by atoms with E-state index >= 15 is 0 Å². The summed E-state index contributed by atoms with van der Waals surface area (Å²) in [6.45, 7) is 3.95. The van der Waals surface area contributed by atoms with E-state index in [-0.39, 0.29) is 5.56 Å². The molecule has 1 rings (SSSR count). The number of aromatic carboxylic acids is 1. The van der Waals surface area contributed by atoms with Crippen LogP contribution < -0.4 is 5.32 Å². The smallest absolute Gasteiger partial charge is 0.337 e. The Hall–Kier alpha value is -1.26. The van der Waals surface area contributed by atoms with Gasteiger partial charge in [-0.15, -0.1) is 0 Å². The molecule has 0 bridgehead atoms. The molecule has 0 aromatic heterocycles. The highest BCUT2D eigenvalue weighted by Gasteiger charge is 2.09. The third-order valence-corrected chi connectivity index (χ3v) is 2.65. The van der Waals surface area contributed by atoms with Gasteiger partial charge in [-0.3, -0.25) is 0 Å². The summed E-state index contributed by atoms with van der Waals surface area (Å²) in [5, 5.41) is 12.5. The lowest BCUT2D eigenvalue weighted by Crippen LogP contribution is -2.12. The number of carbonyl (C=O) groups is 1. The number of benzene rings is 1. The summed E-state index contributed by atoms with van der Waals surface area (Å²) in [6.07, 6.45) is 2.14. The van der Waals surface area contributed by atoms with Crippen LogP contribution >= 0.6 is 11.6 Å². The molecule has 0 spiro atoms. The standard InChI is InChI=1S/C13H18ClNO3/c1-2-3-7-18-8-6-15-12-9-10(14)4-5-11(12)13(16)17/h4-5,9,15H,2-3,6-8H2,1H3,(H,16,17). The molecule has 0 amide bonds. The average molecular weight is 272 g/mol. The van der Waals surface area contributed by atoms with Crippen LogP contribution in [0.4, 0.5) is 5.69 Å². The highest BCUT2D eigenvalue weighted by Crippen LogP contribution is 2.20.